The molecule has 2 N–H and O–H groups in total. The molecule has 7 nitrogen and oxygen atoms in total. The lowest BCUT2D eigenvalue weighted by Gasteiger charge is -2.23. The Hall–Kier alpha value is -3.26. The number of nitrogens with zero attached hydrogens (tertiary/aromatic N) is 3. The van der Waals surface area contributed by atoms with Gasteiger partial charge >= 0.3 is 6.03 Å². The van der Waals surface area contributed by atoms with Gasteiger partial charge in [0.1, 0.15) is 12.4 Å². The first-order valence-electron chi connectivity index (χ1n) is 12.8. The number of aryl methyl sites for hydroxylation is 1. The van der Waals surface area contributed by atoms with Crippen LogP contribution >= 0.6 is 11.8 Å². The highest BCUT2D eigenvalue weighted by Gasteiger charge is 2.23. The maximum atomic E-state index is 13.2. The molecule has 198 valence electrons. The maximum Gasteiger partial charge on any atom is 0.322 e. The molecule has 0 aliphatic rings. The van der Waals surface area contributed by atoms with E-state index in [1.54, 1.807) is 21.3 Å². The second kappa shape index (κ2) is 12.8. The lowest BCUT2D eigenvalue weighted by Crippen LogP contribution is -2.41. The fraction of sp³-hybridized carbons (Fsp3) is 0.414. The van der Waals surface area contributed by atoms with Crippen molar-refractivity contribution in [1.29, 1.82) is 0 Å². The first-order valence-corrected chi connectivity index (χ1v) is 14.0. The fourth-order valence-electron chi connectivity index (χ4n) is 3.86. The van der Waals surface area contributed by atoms with Crippen LogP contribution in [0.25, 0.3) is 5.69 Å². The summed E-state index contributed by atoms with van der Waals surface area (Å²) in [5.41, 5.74) is 3.34. The number of hydrogen-bond acceptors (Lipinski definition) is 4. The summed E-state index contributed by atoms with van der Waals surface area (Å²) >= 11 is 1.65. The van der Waals surface area contributed by atoms with Crippen LogP contribution in [0.5, 0.6) is 0 Å². The number of carbonyl (C=O) groups excluding carboxylic acids is 2. The van der Waals surface area contributed by atoms with Crippen LogP contribution in [0.2, 0.25) is 0 Å². The van der Waals surface area contributed by atoms with Crippen molar-refractivity contribution in [2.75, 3.05) is 30.0 Å². The first kappa shape index (κ1) is 28.3. The third-order valence-corrected chi connectivity index (χ3v) is 6.83. The molecule has 8 heteroatoms. The number of rotatable bonds is 10. The Bertz CT molecular complexity index is 1200. The molecule has 0 radical (unpaired) electrons. The quantitative estimate of drug-likeness (QED) is 0.226. The Balaban J connectivity index is 1.80. The van der Waals surface area contributed by atoms with E-state index in [9.17, 15) is 9.59 Å². The predicted octanol–water partition coefficient (Wildman–Crippen LogP) is 6.86. The van der Waals surface area contributed by atoms with Gasteiger partial charge in [0.15, 0.2) is 0 Å². The van der Waals surface area contributed by atoms with Crippen molar-refractivity contribution in [2.45, 2.75) is 64.2 Å². The first-order chi connectivity index (χ1) is 17.6. The van der Waals surface area contributed by atoms with Crippen LogP contribution in [0.3, 0.4) is 0 Å². The lowest BCUT2D eigenvalue weighted by atomic mass is 9.92. The van der Waals surface area contributed by atoms with Gasteiger partial charge < -0.3 is 15.5 Å². The number of urea groups is 1. The van der Waals surface area contributed by atoms with Gasteiger partial charge in [0.25, 0.3) is 0 Å². The molecule has 0 unspecified atom stereocenters. The Labute approximate surface area is 225 Å². The number of anilines is 2. The molecule has 0 atom stereocenters. The fourth-order valence-corrected chi connectivity index (χ4v) is 4.27. The summed E-state index contributed by atoms with van der Waals surface area (Å²) in [6.45, 7) is 10.9. The van der Waals surface area contributed by atoms with Crippen LogP contribution in [0.15, 0.2) is 59.5 Å². The van der Waals surface area contributed by atoms with E-state index in [4.69, 9.17) is 5.10 Å². The van der Waals surface area contributed by atoms with Gasteiger partial charge in [-0.25, -0.2) is 9.48 Å². The molecular weight excluding hydrogens is 482 g/mol. The monoisotopic (exact) mass is 521 g/mol. The highest BCUT2D eigenvalue weighted by molar-refractivity contribution is 7.98. The van der Waals surface area contributed by atoms with Gasteiger partial charge in [-0.3, -0.25) is 4.79 Å². The molecule has 2 aromatic carbocycles. The number of benzene rings is 2. The minimum absolute atomic E-state index is 0.0533. The van der Waals surface area contributed by atoms with Crippen molar-refractivity contribution in [2.24, 2.45) is 0 Å². The minimum Gasteiger partial charge on any atom is -0.315 e. The molecule has 0 aliphatic carbocycles. The summed E-state index contributed by atoms with van der Waals surface area (Å²) in [5, 5.41) is 10.8. The van der Waals surface area contributed by atoms with E-state index < -0.39 is 0 Å². The SMILES string of the molecule is CCCCCN(CC(=O)Nc1cc(C(C)(C)C)nn1-c1ccccc1C)C(=O)Nc1ccc(SC)cc1. The third-order valence-electron chi connectivity index (χ3n) is 6.08. The molecule has 1 aromatic heterocycles. The van der Waals surface area contributed by atoms with E-state index in [1.165, 1.54) is 0 Å². The number of para-hydroxylation sites is 1. The smallest absolute Gasteiger partial charge is 0.315 e. The average Bonchev–Trinajstić information content (AvgIpc) is 3.28. The van der Waals surface area contributed by atoms with Crippen LogP contribution in [0.1, 0.15) is 58.2 Å². The molecule has 3 rings (SSSR count). The highest BCUT2D eigenvalue weighted by atomic mass is 32.2. The van der Waals surface area contributed by atoms with Gasteiger partial charge in [-0.15, -0.1) is 11.8 Å². The molecule has 0 aliphatic heterocycles. The van der Waals surface area contributed by atoms with Crippen LogP contribution in [0, 0.1) is 6.92 Å². The zero-order valence-corrected chi connectivity index (χ0v) is 23.6. The van der Waals surface area contributed by atoms with Crippen LogP contribution < -0.4 is 10.6 Å². The van der Waals surface area contributed by atoms with Gasteiger partial charge in [0.2, 0.25) is 5.91 Å². The Morgan fingerprint density at radius 1 is 1.03 bits per heavy atom. The predicted molar refractivity (Wildman–Crippen MR) is 154 cm³/mol. The largest absolute Gasteiger partial charge is 0.322 e. The molecule has 0 saturated carbocycles. The molecule has 0 saturated heterocycles. The molecule has 3 aromatic rings. The number of nitrogens with one attached hydrogen (secondary N) is 2. The van der Waals surface area contributed by atoms with Crippen LogP contribution in [-0.4, -0.2) is 46.0 Å². The van der Waals surface area contributed by atoms with Crippen LogP contribution in [0.4, 0.5) is 16.3 Å². The van der Waals surface area contributed by atoms with E-state index in [2.05, 4.69) is 38.3 Å². The molecule has 0 spiro atoms. The second-order valence-electron chi connectivity index (χ2n) is 10.2. The highest BCUT2D eigenvalue weighted by Crippen LogP contribution is 2.27. The van der Waals surface area contributed by atoms with Crippen molar-refractivity contribution in [3.8, 4) is 5.69 Å². The van der Waals surface area contributed by atoms with Gasteiger partial charge in [-0.2, -0.15) is 5.10 Å². The molecule has 3 amide bonds. The van der Waals surface area contributed by atoms with Crippen molar-refractivity contribution < 1.29 is 9.59 Å². The zero-order chi connectivity index (χ0) is 27.0. The lowest BCUT2D eigenvalue weighted by molar-refractivity contribution is -0.116. The summed E-state index contributed by atoms with van der Waals surface area (Å²) in [7, 11) is 0. The molecule has 0 bridgehead atoms. The normalized spacial score (nSPS) is 11.3. The van der Waals surface area contributed by atoms with Gasteiger partial charge in [-0.05, 0) is 55.5 Å². The zero-order valence-electron chi connectivity index (χ0n) is 22.8. The van der Waals surface area contributed by atoms with Crippen molar-refractivity contribution >= 4 is 35.2 Å². The number of thioether (sulfide) groups is 1. The minimum atomic E-state index is -0.286. The van der Waals surface area contributed by atoms with E-state index in [1.807, 2.05) is 67.8 Å². The number of carbonyl (C=O) groups is 2. The van der Waals surface area contributed by atoms with Crippen molar-refractivity contribution in [3.63, 3.8) is 0 Å². The van der Waals surface area contributed by atoms with Crippen molar-refractivity contribution in [1.82, 2.24) is 14.7 Å². The third kappa shape index (κ3) is 7.86. The maximum absolute atomic E-state index is 13.2. The Morgan fingerprint density at radius 3 is 2.35 bits per heavy atom. The average molecular weight is 522 g/mol. The number of aromatic nitrogens is 2. The molecule has 0 fully saturated rings. The van der Waals surface area contributed by atoms with Gasteiger partial charge in [0.05, 0.1) is 11.4 Å². The summed E-state index contributed by atoms with van der Waals surface area (Å²) in [6.07, 6.45) is 4.86. The van der Waals surface area contributed by atoms with E-state index in [0.717, 1.165) is 41.1 Å². The second-order valence-corrected chi connectivity index (χ2v) is 11.1. The Kier molecular flexibility index (Phi) is 9.80. The molecule has 37 heavy (non-hydrogen) atoms. The summed E-state index contributed by atoms with van der Waals surface area (Å²) in [6, 6.07) is 17.3. The van der Waals surface area contributed by atoms with E-state index in [0.29, 0.717) is 18.1 Å². The van der Waals surface area contributed by atoms with E-state index >= 15 is 0 Å². The molecular formula is C29H39N5O2S. The number of hydrogen-bond donors (Lipinski definition) is 2. The van der Waals surface area contributed by atoms with Gasteiger partial charge in [0, 0.05) is 28.6 Å². The van der Waals surface area contributed by atoms with Gasteiger partial charge in [-0.1, -0.05) is 58.7 Å². The number of unbranched alkanes of at least 4 members (excludes halogenated alkanes) is 2. The topological polar surface area (TPSA) is 79.3 Å². The summed E-state index contributed by atoms with van der Waals surface area (Å²) in [5.74, 6) is 0.324. The Morgan fingerprint density at radius 2 is 1.73 bits per heavy atom. The van der Waals surface area contributed by atoms with E-state index in [-0.39, 0.29) is 23.9 Å². The van der Waals surface area contributed by atoms with Crippen molar-refractivity contribution in [3.05, 3.63) is 65.9 Å². The standard InChI is InChI=1S/C29H39N5O2S/c1-7-8-11-18-33(28(36)30-22-14-16-23(37-6)17-15-22)20-27(35)31-26-19-25(29(3,4)5)32-34(26)24-13-10-9-12-21(24)2/h9-10,12-17,19H,7-8,11,18,20H2,1-6H3,(H,30,36)(H,31,35). The number of amides is 3. The van der Waals surface area contributed by atoms with Crippen LogP contribution in [-0.2, 0) is 10.2 Å². The summed E-state index contributed by atoms with van der Waals surface area (Å²) < 4.78 is 1.78. The summed E-state index contributed by atoms with van der Waals surface area (Å²) in [4.78, 5) is 29.1. The molecule has 1 heterocycles.